The molecule has 20 heavy (non-hydrogen) atoms. The van der Waals surface area contributed by atoms with Crippen molar-refractivity contribution in [2.75, 3.05) is 12.4 Å². The van der Waals surface area contributed by atoms with Crippen molar-refractivity contribution in [2.45, 2.75) is 19.8 Å². The number of benzene rings is 1. The number of methoxy groups -OCH3 is 1. The van der Waals surface area contributed by atoms with Gasteiger partial charge in [-0.3, -0.25) is 10.1 Å². The Bertz CT molecular complexity index is 623. The molecule has 0 spiro atoms. The van der Waals surface area contributed by atoms with Gasteiger partial charge in [-0.25, -0.2) is 4.39 Å². The number of amides is 1. The van der Waals surface area contributed by atoms with Gasteiger partial charge in [0.1, 0.15) is 11.6 Å². The minimum absolute atomic E-state index is 0.0895. The maximum Gasteiger partial charge on any atom is 0.261 e. The molecule has 0 fully saturated rings. The fourth-order valence-corrected chi connectivity index (χ4v) is 1.61. The highest BCUT2D eigenvalue weighted by atomic mass is 19.1. The van der Waals surface area contributed by atoms with Gasteiger partial charge >= 0.3 is 0 Å². The molecule has 0 aliphatic rings. The number of ether oxygens (including phenoxy) is 1. The van der Waals surface area contributed by atoms with E-state index >= 15 is 0 Å². The average molecular weight is 278 g/mol. The molecule has 0 aliphatic carbocycles. The van der Waals surface area contributed by atoms with Gasteiger partial charge in [-0.05, 0) is 18.1 Å². The summed E-state index contributed by atoms with van der Waals surface area (Å²) in [7, 11) is 1.43. The number of anilines is 1. The molecule has 1 aromatic heterocycles. The van der Waals surface area contributed by atoms with Crippen LogP contribution in [-0.2, 0) is 0 Å². The molecule has 0 saturated heterocycles. The first-order valence-corrected chi connectivity index (χ1v) is 6.12. The smallest absolute Gasteiger partial charge is 0.261 e. The molecular weight excluding hydrogens is 263 g/mol. The van der Waals surface area contributed by atoms with Gasteiger partial charge in [-0.15, -0.1) is 0 Å². The highest BCUT2D eigenvalue weighted by Gasteiger charge is 2.15. The van der Waals surface area contributed by atoms with E-state index in [1.54, 1.807) is 6.07 Å². The summed E-state index contributed by atoms with van der Waals surface area (Å²) in [6, 6.07) is 5.62. The van der Waals surface area contributed by atoms with Crippen LogP contribution in [0.4, 0.5) is 10.3 Å². The Kier molecular flexibility index (Phi) is 4.02. The van der Waals surface area contributed by atoms with Crippen LogP contribution in [0.5, 0.6) is 5.75 Å². The normalized spacial score (nSPS) is 10.7. The van der Waals surface area contributed by atoms with Crippen molar-refractivity contribution in [2.24, 2.45) is 0 Å². The number of hydrogen-bond donors (Lipinski definition) is 1. The van der Waals surface area contributed by atoms with E-state index in [0.29, 0.717) is 5.75 Å². The molecule has 0 radical (unpaired) electrons. The Balaban J connectivity index is 2.15. The van der Waals surface area contributed by atoms with E-state index in [0.717, 1.165) is 11.8 Å². The van der Waals surface area contributed by atoms with Crippen LogP contribution in [-0.4, -0.2) is 18.2 Å². The molecule has 2 aromatic rings. The monoisotopic (exact) mass is 278 g/mol. The highest BCUT2D eigenvalue weighted by molar-refractivity contribution is 6.03. The van der Waals surface area contributed by atoms with Gasteiger partial charge in [0.2, 0.25) is 5.88 Å². The number of nitrogens with zero attached hydrogens (tertiary/aromatic N) is 1. The minimum atomic E-state index is -0.662. The van der Waals surface area contributed by atoms with Crippen LogP contribution in [0.2, 0.25) is 0 Å². The zero-order valence-electron chi connectivity index (χ0n) is 11.4. The van der Waals surface area contributed by atoms with Crippen molar-refractivity contribution in [3.05, 3.63) is 41.3 Å². The van der Waals surface area contributed by atoms with Crippen LogP contribution >= 0.6 is 0 Å². The summed E-state index contributed by atoms with van der Waals surface area (Å²) in [6.07, 6.45) is 0. The molecule has 6 heteroatoms. The quantitative estimate of drug-likeness (QED) is 0.932. The first-order valence-electron chi connectivity index (χ1n) is 6.12. The maximum absolute atomic E-state index is 13.7. The van der Waals surface area contributed by atoms with Gasteiger partial charge in [0.25, 0.3) is 5.91 Å². The van der Waals surface area contributed by atoms with Crippen molar-refractivity contribution in [3.8, 4) is 5.75 Å². The van der Waals surface area contributed by atoms with Crippen molar-refractivity contribution < 1.29 is 18.4 Å². The average Bonchev–Trinajstić information content (AvgIpc) is 2.87. The zero-order chi connectivity index (χ0) is 14.7. The van der Waals surface area contributed by atoms with Crippen LogP contribution in [0.3, 0.4) is 0 Å². The molecule has 0 bridgehead atoms. The summed E-state index contributed by atoms with van der Waals surface area (Å²) < 4.78 is 23.6. The number of nitrogens with one attached hydrogen (secondary N) is 1. The summed E-state index contributed by atoms with van der Waals surface area (Å²) in [5.74, 6) is -0.543. The number of carbonyl (C=O) groups is 1. The van der Waals surface area contributed by atoms with Gasteiger partial charge in [0.05, 0.1) is 18.4 Å². The number of hydrogen-bond acceptors (Lipinski definition) is 4. The predicted molar refractivity (Wildman–Crippen MR) is 71.5 cm³/mol. The second kappa shape index (κ2) is 5.73. The second-order valence-corrected chi connectivity index (χ2v) is 4.57. The highest BCUT2D eigenvalue weighted by Crippen LogP contribution is 2.20. The first-order chi connectivity index (χ1) is 9.51. The largest absolute Gasteiger partial charge is 0.497 e. The Labute approximate surface area is 115 Å². The lowest BCUT2D eigenvalue weighted by Gasteiger charge is -2.04. The number of halogens is 1. The van der Waals surface area contributed by atoms with Crippen molar-refractivity contribution in [1.82, 2.24) is 5.16 Å². The van der Waals surface area contributed by atoms with E-state index in [2.05, 4.69) is 10.5 Å². The summed E-state index contributed by atoms with van der Waals surface area (Å²) in [6.45, 7) is 3.90. The van der Waals surface area contributed by atoms with Gasteiger partial charge in [-0.2, -0.15) is 0 Å². The van der Waals surface area contributed by atoms with Crippen molar-refractivity contribution >= 4 is 11.8 Å². The third-order valence-corrected chi connectivity index (χ3v) is 2.78. The second-order valence-electron chi connectivity index (χ2n) is 4.57. The maximum atomic E-state index is 13.7. The first kappa shape index (κ1) is 14.0. The molecule has 1 heterocycles. The molecule has 0 atom stereocenters. The molecule has 5 nitrogen and oxygen atoms in total. The van der Waals surface area contributed by atoms with E-state index in [4.69, 9.17) is 9.26 Å². The Morgan fingerprint density at radius 2 is 2.15 bits per heavy atom. The summed E-state index contributed by atoms with van der Waals surface area (Å²) in [5, 5.41) is 6.27. The predicted octanol–water partition coefficient (Wildman–Crippen LogP) is 3.20. The lowest BCUT2D eigenvalue weighted by atomic mass is 10.1. The number of rotatable bonds is 4. The summed E-state index contributed by atoms with van der Waals surface area (Å²) in [5.41, 5.74) is 0.629. The Morgan fingerprint density at radius 1 is 1.40 bits per heavy atom. The molecule has 0 aliphatic heterocycles. The fourth-order valence-electron chi connectivity index (χ4n) is 1.61. The lowest BCUT2D eigenvalue weighted by molar-refractivity contribution is 0.102. The third kappa shape index (κ3) is 2.96. The Morgan fingerprint density at radius 3 is 2.70 bits per heavy atom. The SMILES string of the molecule is COc1ccc(C(=O)Nc2cc(C(C)C)no2)c(F)c1. The topological polar surface area (TPSA) is 64.4 Å². The van der Waals surface area contributed by atoms with Gasteiger partial charge in [0, 0.05) is 12.1 Å². The molecule has 2 rings (SSSR count). The van der Waals surface area contributed by atoms with E-state index in [9.17, 15) is 9.18 Å². The van der Waals surface area contributed by atoms with Crippen molar-refractivity contribution in [1.29, 1.82) is 0 Å². The van der Waals surface area contributed by atoms with E-state index in [1.165, 1.54) is 19.2 Å². The fraction of sp³-hybridized carbons (Fsp3) is 0.286. The molecule has 0 saturated carbocycles. The van der Waals surface area contributed by atoms with Crippen molar-refractivity contribution in [3.63, 3.8) is 0 Å². The molecule has 1 amide bonds. The minimum Gasteiger partial charge on any atom is -0.497 e. The zero-order valence-corrected chi connectivity index (χ0v) is 11.4. The van der Waals surface area contributed by atoms with Crippen LogP contribution in [0, 0.1) is 5.82 Å². The number of aromatic nitrogens is 1. The standard InChI is InChI=1S/C14H15FN2O3/c1-8(2)12-7-13(20-17-12)16-14(18)10-5-4-9(19-3)6-11(10)15/h4-8H,1-3H3,(H,16,18). The molecule has 1 aromatic carbocycles. The van der Waals surface area contributed by atoms with Crippen LogP contribution in [0.1, 0.15) is 35.8 Å². The van der Waals surface area contributed by atoms with E-state index < -0.39 is 11.7 Å². The summed E-state index contributed by atoms with van der Waals surface area (Å²) >= 11 is 0. The van der Waals surface area contributed by atoms with E-state index in [1.807, 2.05) is 13.8 Å². The number of carbonyl (C=O) groups excluding carboxylic acids is 1. The van der Waals surface area contributed by atoms with Crippen LogP contribution < -0.4 is 10.1 Å². The molecular formula is C14H15FN2O3. The lowest BCUT2D eigenvalue weighted by Crippen LogP contribution is -2.13. The summed E-state index contributed by atoms with van der Waals surface area (Å²) in [4.78, 5) is 11.9. The molecule has 1 N–H and O–H groups in total. The van der Waals surface area contributed by atoms with Crippen LogP contribution in [0.25, 0.3) is 0 Å². The molecule has 106 valence electrons. The van der Waals surface area contributed by atoms with Gasteiger partial charge in [0.15, 0.2) is 0 Å². The Hall–Kier alpha value is -2.37. The third-order valence-electron chi connectivity index (χ3n) is 2.78. The van der Waals surface area contributed by atoms with Gasteiger partial charge in [-0.1, -0.05) is 19.0 Å². The molecule has 0 unspecified atom stereocenters. The van der Waals surface area contributed by atoms with E-state index in [-0.39, 0.29) is 17.4 Å². The van der Waals surface area contributed by atoms with Gasteiger partial charge < -0.3 is 9.26 Å². The van der Waals surface area contributed by atoms with Crippen LogP contribution in [0.15, 0.2) is 28.8 Å².